The second-order valence-corrected chi connectivity index (χ2v) is 9.40. The van der Waals surface area contributed by atoms with Crippen LogP contribution in [0.25, 0.3) is 0 Å². The van der Waals surface area contributed by atoms with Crippen LogP contribution in [0.1, 0.15) is 19.8 Å². The van der Waals surface area contributed by atoms with E-state index >= 15 is 0 Å². The summed E-state index contributed by atoms with van der Waals surface area (Å²) in [5.41, 5.74) is 0. The van der Waals surface area contributed by atoms with Gasteiger partial charge in [0.15, 0.2) is 0 Å². The van der Waals surface area contributed by atoms with Gasteiger partial charge in [-0.15, -0.1) is 23.2 Å². The molecule has 0 spiro atoms. The molecular formula is C16H17Cl3INO3. The number of rotatable bonds is 4. The first kappa shape index (κ1) is 18.7. The molecular weight excluding hydrogens is 487 g/mol. The lowest BCUT2D eigenvalue weighted by Gasteiger charge is -2.19. The Labute approximate surface area is 169 Å². The summed E-state index contributed by atoms with van der Waals surface area (Å²) >= 11 is 20.7. The summed E-state index contributed by atoms with van der Waals surface area (Å²) in [7, 11) is 0. The summed E-state index contributed by atoms with van der Waals surface area (Å²) < 4.78 is 10.6. The summed E-state index contributed by atoms with van der Waals surface area (Å²) in [5.74, 6) is 1.10. The Morgan fingerprint density at radius 1 is 1.46 bits per heavy atom. The van der Waals surface area contributed by atoms with Crippen molar-refractivity contribution in [2.75, 3.05) is 13.2 Å². The predicted molar refractivity (Wildman–Crippen MR) is 104 cm³/mol. The molecule has 4 nitrogen and oxygen atoms in total. The van der Waals surface area contributed by atoms with Crippen molar-refractivity contribution in [3.63, 3.8) is 0 Å². The minimum atomic E-state index is -0.735. The number of likely N-dealkylation sites (tertiary alicyclic amines) is 1. The van der Waals surface area contributed by atoms with Crippen LogP contribution >= 0.6 is 57.4 Å². The lowest BCUT2D eigenvalue weighted by atomic mass is 10.3. The monoisotopic (exact) mass is 503 g/mol. The molecule has 0 bridgehead atoms. The molecule has 1 aromatic rings. The van der Waals surface area contributed by atoms with Crippen LogP contribution in [-0.2, 0) is 0 Å². The van der Waals surface area contributed by atoms with Crippen molar-refractivity contribution in [1.29, 1.82) is 0 Å². The van der Waals surface area contributed by atoms with Gasteiger partial charge in [0.05, 0.1) is 15.7 Å². The Morgan fingerprint density at radius 2 is 2.17 bits per heavy atom. The van der Waals surface area contributed by atoms with Gasteiger partial charge < -0.3 is 9.47 Å². The zero-order valence-corrected chi connectivity index (χ0v) is 17.4. The number of carbonyl (C=O) groups excluding carboxylic acids is 1. The number of halogens is 4. The SMILES string of the molecule is CC1C(COc2cc(OC(=O)N3CCCC3I)ccc2Cl)C1(Cl)Cl. The van der Waals surface area contributed by atoms with Crippen LogP contribution in [0.5, 0.6) is 11.5 Å². The molecule has 1 saturated heterocycles. The third-order valence-electron chi connectivity index (χ3n) is 4.54. The van der Waals surface area contributed by atoms with E-state index in [2.05, 4.69) is 22.6 Å². The first-order valence-corrected chi connectivity index (χ1v) is 10.1. The quantitative estimate of drug-likeness (QED) is 0.308. The van der Waals surface area contributed by atoms with E-state index in [0.717, 1.165) is 19.4 Å². The molecule has 24 heavy (non-hydrogen) atoms. The highest BCUT2D eigenvalue weighted by molar-refractivity contribution is 14.1. The molecule has 1 aliphatic carbocycles. The van der Waals surface area contributed by atoms with Gasteiger partial charge >= 0.3 is 6.09 Å². The summed E-state index contributed by atoms with van der Waals surface area (Å²) in [5, 5.41) is 0.450. The Bertz CT molecular complexity index is 643. The van der Waals surface area contributed by atoms with E-state index in [1.807, 2.05) is 6.92 Å². The van der Waals surface area contributed by atoms with E-state index in [0.29, 0.717) is 23.1 Å². The van der Waals surface area contributed by atoms with Gasteiger partial charge in [-0.25, -0.2) is 4.79 Å². The number of ether oxygens (including phenoxy) is 2. The summed E-state index contributed by atoms with van der Waals surface area (Å²) in [6.45, 7) is 3.06. The normalized spacial score (nSPS) is 27.9. The fourth-order valence-corrected chi connectivity index (χ4v) is 4.54. The molecule has 132 valence electrons. The number of hydrogen-bond donors (Lipinski definition) is 0. The summed E-state index contributed by atoms with van der Waals surface area (Å²) in [6.07, 6.45) is 1.63. The van der Waals surface area contributed by atoms with Crippen molar-refractivity contribution in [3.05, 3.63) is 23.2 Å². The van der Waals surface area contributed by atoms with Crippen LogP contribution in [0.3, 0.4) is 0 Å². The molecule has 0 radical (unpaired) electrons. The van der Waals surface area contributed by atoms with Crippen molar-refractivity contribution in [1.82, 2.24) is 4.90 Å². The standard InChI is InChI=1S/C16H17Cl3INO3/c1-9-11(16(9,18)19)8-23-13-7-10(4-5-12(13)17)24-15(22)21-6-2-3-14(21)20/h4-5,7,9,11,14H,2-3,6,8H2,1H3. The first-order chi connectivity index (χ1) is 11.3. The molecule has 1 aromatic carbocycles. The van der Waals surface area contributed by atoms with Crippen LogP contribution in [0, 0.1) is 11.8 Å². The highest BCUT2D eigenvalue weighted by Gasteiger charge is 2.60. The number of hydrogen-bond acceptors (Lipinski definition) is 3. The average Bonchev–Trinajstić information content (AvgIpc) is 2.86. The Hall–Kier alpha value is -0.110. The molecule has 3 unspecified atom stereocenters. The van der Waals surface area contributed by atoms with Crippen LogP contribution in [0.4, 0.5) is 4.79 Å². The van der Waals surface area contributed by atoms with Gasteiger partial charge in [0.1, 0.15) is 15.8 Å². The highest BCUT2D eigenvalue weighted by Crippen LogP contribution is 2.58. The third-order valence-corrected chi connectivity index (χ3v) is 7.39. The average molecular weight is 505 g/mol. The van der Waals surface area contributed by atoms with Crippen molar-refractivity contribution in [2.45, 2.75) is 28.1 Å². The van der Waals surface area contributed by atoms with Crippen LogP contribution in [0.2, 0.25) is 5.02 Å². The molecule has 1 amide bonds. The lowest BCUT2D eigenvalue weighted by molar-refractivity contribution is 0.160. The largest absolute Gasteiger partial charge is 0.491 e. The van der Waals surface area contributed by atoms with Gasteiger partial charge in [-0.2, -0.15) is 0 Å². The summed E-state index contributed by atoms with van der Waals surface area (Å²) in [4.78, 5) is 13.9. The second kappa shape index (κ2) is 7.25. The van der Waals surface area contributed by atoms with E-state index in [1.165, 1.54) is 0 Å². The molecule has 3 rings (SSSR count). The van der Waals surface area contributed by atoms with E-state index in [9.17, 15) is 4.79 Å². The number of carbonyl (C=O) groups is 1. The molecule has 1 heterocycles. The first-order valence-electron chi connectivity index (χ1n) is 7.73. The van der Waals surface area contributed by atoms with Crippen LogP contribution < -0.4 is 9.47 Å². The molecule has 1 saturated carbocycles. The van der Waals surface area contributed by atoms with Gasteiger partial charge in [-0.3, -0.25) is 4.90 Å². The zero-order valence-electron chi connectivity index (χ0n) is 13.0. The number of amides is 1. The van der Waals surface area contributed by atoms with Crippen molar-refractivity contribution in [3.8, 4) is 11.5 Å². The minimum Gasteiger partial charge on any atom is -0.491 e. The number of nitrogens with zero attached hydrogens (tertiary/aromatic N) is 1. The topological polar surface area (TPSA) is 38.8 Å². The van der Waals surface area contributed by atoms with Crippen molar-refractivity contribution >= 4 is 63.5 Å². The smallest absolute Gasteiger partial charge is 0.416 e. The zero-order chi connectivity index (χ0) is 17.5. The number of benzene rings is 1. The molecule has 0 N–H and O–H groups in total. The molecule has 2 fully saturated rings. The number of alkyl halides is 3. The fourth-order valence-electron chi connectivity index (χ4n) is 2.74. The third kappa shape index (κ3) is 3.84. The minimum absolute atomic E-state index is 0.0625. The molecule has 8 heteroatoms. The van der Waals surface area contributed by atoms with E-state index < -0.39 is 4.33 Å². The summed E-state index contributed by atoms with van der Waals surface area (Å²) in [6, 6.07) is 4.92. The van der Waals surface area contributed by atoms with Crippen LogP contribution in [0.15, 0.2) is 18.2 Å². The highest BCUT2D eigenvalue weighted by atomic mass is 127. The van der Waals surface area contributed by atoms with Gasteiger partial charge in [-0.05, 0) is 30.9 Å². The molecule has 1 aliphatic heterocycles. The van der Waals surface area contributed by atoms with E-state index in [1.54, 1.807) is 23.1 Å². The van der Waals surface area contributed by atoms with Gasteiger partial charge in [0.2, 0.25) is 0 Å². The molecule has 2 aliphatic rings. The Balaban J connectivity index is 1.62. The second-order valence-electron chi connectivity index (χ2n) is 6.11. The van der Waals surface area contributed by atoms with E-state index in [4.69, 9.17) is 44.3 Å². The van der Waals surface area contributed by atoms with Crippen molar-refractivity contribution in [2.24, 2.45) is 11.8 Å². The molecule has 3 atom stereocenters. The predicted octanol–water partition coefficient (Wildman–Crippen LogP) is 5.51. The van der Waals surface area contributed by atoms with Crippen molar-refractivity contribution < 1.29 is 14.3 Å². The Kier molecular flexibility index (Phi) is 5.64. The maximum atomic E-state index is 12.2. The fraction of sp³-hybridized carbons (Fsp3) is 0.562. The van der Waals surface area contributed by atoms with Gasteiger partial charge in [-0.1, -0.05) is 41.1 Å². The maximum Gasteiger partial charge on any atom is 0.416 e. The molecule has 0 aromatic heterocycles. The lowest BCUT2D eigenvalue weighted by Crippen LogP contribution is -2.34. The van der Waals surface area contributed by atoms with E-state index in [-0.39, 0.29) is 22.0 Å². The van der Waals surface area contributed by atoms with Gasteiger partial charge in [0, 0.05) is 18.5 Å². The Morgan fingerprint density at radius 3 is 2.75 bits per heavy atom. The van der Waals surface area contributed by atoms with Crippen LogP contribution in [-0.4, -0.2) is 32.5 Å². The maximum absolute atomic E-state index is 12.2. The van der Waals surface area contributed by atoms with Gasteiger partial charge in [0.25, 0.3) is 0 Å².